The number of Topliss-reactive ketones (excluding diaryl/α,β-unsaturated/α-hetero) is 1. The van der Waals surface area contributed by atoms with Crippen LogP contribution in [0.15, 0.2) is 36.4 Å². The van der Waals surface area contributed by atoms with E-state index in [1.807, 2.05) is 58.0 Å². The second-order valence-electron chi connectivity index (χ2n) is 9.23. The van der Waals surface area contributed by atoms with Crippen LogP contribution in [0.5, 0.6) is 0 Å². The standard InChI is InChI=1S/C24H38N4O4/c1-15(2)13-19(22(30)27-26)20(23(31)28-32)24(14-16(3)4,21(29)17(5)25)12-11-18-9-7-6-8-10-18/h6-12,15-17,19-20,32H,13-14,25-26H2,1-5H3,(H,27,30)(H,28,31)/b12-11+/t17-,19+,20+,24?/m0/s1. The van der Waals surface area contributed by atoms with E-state index in [2.05, 4.69) is 5.43 Å². The Bertz CT molecular complexity index is 792. The van der Waals surface area contributed by atoms with Gasteiger partial charge >= 0.3 is 0 Å². The number of hydrogen-bond acceptors (Lipinski definition) is 6. The van der Waals surface area contributed by atoms with E-state index < -0.39 is 35.1 Å². The predicted octanol–water partition coefficient (Wildman–Crippen LogP) is 2.42. The second kappa shape index (κ2) is 12.5. The zero-order valence-corrected chi connectivity index (χ0v) is 19.7. The Morgan fingerprint density at radius 3 is 2.06 bits per heavy atom. The molecule has 0 bridgehead atoms. The Balaban J connectivity index is 3.88. The summed E-state index contributed by atoms with van der Waals surface area (Å²) in [4.78, 5) is 39.6. The number of allylic oxidation sites excluding steroid dienone is 1. The molecule has 0 heterocycles. The second-order valence-corrected chi connectivity index (χ2v) is 9.23. The van der Waals surface area contributed by atoms with Crippen molar-refractivity contribution in [3.8, 4) is 0 Å². The van der Waals surface area contributed by atoms with Crippen LogP contribution in [0.2, 0.25) is 0 Å². The molecule has 178 valence electrons. The van der Waals surface area contributed by atoms with E-state index in [-0.39, 0.29) is 30.5 Å². The van der Waals surface area contributed by atoms with Crippen molar-refractivity contribution in [2.45, 2.75) is 53.5 Å². The van der Waals surface area contributed by atoms with Gasteiger partial charge in [0.2, 0.25) is 11.8 Å². The first-order chi connectivity index (χ1) is 15.0. The summed E-state index contributed by atoms with van der Waals surface area (Å²) in [5.74, 6) is 1.48. The van der Waals surface area contributed by atoms with Crippen molar-refractivity contribution >= 4 is 23.7 Å². The van der Waals surface area contributed by atoms with Crippen LogP contribution in [0.25, 0.3) is 6.08 Å². The highest BCUT2D eigenvalue weighted by Gasteiger charge is 2.53. The maximum atomic E-state index is 13.7. The van der Waals surface area contributed by atoms with Gasteiger partial charge in [-0.1, -0.05) is 70.2 Å². The highest BCUT2D eigenvalue weighted by molar-refractivity contribution is 5.99. The predicted molar refractivity (Wildman–Crippen MR) is 125 cm³/mol. The molecule has 7 N–H and O–H groups in total. The van der Waals surface area contributed by atoms with Crippen molar-refractivity contribution in [2.75, 3.05) is 0 Å². The van der Waals surface area contributed by atoms with E-state index in [1.54, 1.807) is 24.6 Å². The molecule has 1 rings (SSSR count). The summed E-state index contributed by atoms with van der Waals surface area (Å²) in [7, 11) is 0. The Kier molecular flexibility index (Phi) is 10.7. The fourth-order valence-corrected chi connectivity index (χ4v) is 4.40. The summed E-state index contributed by atoms with van der Waals surface area (Å²) < 4.78 is 0. The minimum absolute atomic E-state index is 0.0200. The number of hydrazine groups is 1. The third kappa shape index (κ3) is 6.98. The SMILES string of the molecule is CC(C)C[C@@H](C(=O)NN)[C@H](C(=O)NO)C(/C=C/c1ccccc1)(CC(C)C)C(=O)[C@H](C)N. The highest BCUT2D eigenvalue weighted by Crippen LogP contribution is 2.45. The lowest BCUT2D eigenvalue weighted by atomic mass is 9.60. The molecule has 8 heteroatoms. The molecule has 8 nitrogen and oxygen atoms in total. The molecular weight excluding hydrogens is 408 g/mol. The van der Waals surface area contributed by atoms with Gasteiger partial charge < -0.3 is 5.73 Å². The van der Waals surface area contributed by atoms with Crippen LogP contribution in [0.3, 0.4) is 0 Å². The van der Waals surface area contributed by atoms with Gasteiger partial charge in [0.25, 0.3) is 0 Å². The third-order valence-corrected chi connectivity index (χ3v) is 5.55. The highest BCUT2D eigenvalue weighted by atomic mass is 16.5. The minimum atomic E-state index is -1.45. The number of amides is 2. The van der Waals surface area contributed by atoms with Crippen LogP contribution < -0.4 is 22.5 Å². The van der Waals surface area contributed by atoms with Gasteiger partial charge in [-0.3, -0.25) is 25.0 Å². The molecule has 0 spiro atoms. The third-order valence-electron chi connectivity index (χ3n) is 5.55. The molecule has 0 aliphatic heterocycles. The fraction of sp³-hybridized carbons (Fsp3) is 0.542. The summed E-state index contributed by atoms with van der Waals surface area (Å²) in [6, 6.07) is 8.43. The number of rotatable bonds is 12. The van der Waals surface area contributed by atoms with Gasteiger partial charge in [-0.05, 0) is 37.2 Å². The van der Waals surface area contributed by atoms with E-state index in [0.29, 0.717) is 0 Å². The first-order valence-electron chi connectivity index (χ1n) is 11.0. The normalized spacial score (nSPS) is 16.4. The molecule has 1 unspecified atom stereocenters. The average Bonchev–Trinajstić information content (AvgIpc) is 2.75. The van der Waals surface area contributed by atoms with Crippen molar-refractivity contribution in [3.63, 3.8) is 0 Å². The lowest BCUT2D eigenvalue weighted by molar-refractivity contribution is -0.151. The quantitative estimate of drug-likeness (QED) is 0.144. The van der Waals surface area contributed by atoms with Crippen LogP contribution in [0, 0.1) is 29.1 Å². The Morgan fingerprint density at radius 2 is 1.62 bits per heavy atom. The van der Waals surface area contributed by atoms with Gasteiger partial charge in [-0.2, -0.15) is 0 Å². The zero-order valence-electron chi connectivity index (χ0n) is 19.7. The molecule has 32 heavy (non-hydrogen) atoms. The summed E-state index contributed by atoms with van der Waals surface area (Å²) in [6.45, 7) is 9.22. The molecule has 1 aromatic rings. The summed E-state index contributed by atoms with van der Waals surface area (Å²) >= 11 is 0. The number of benzene rings is 1. The molecule has 4 atom stereocenters. The van der Waals surface area contributed by atoms with Crippen molar-refractivity contribution in [1.29, 1.82) is 0 Å². The molecule has 0 aliphatic rings. The largest absolute Gasteiger partial charge is 0.322 e. The number of hydrogen-bond donors (Lipinski definition) is 5. The fourth-order valence-electron chi connectivity index (χ4n) is 4.40. The van der Waals surface area contributed by atoms with Crippen LogP contribution >= 0.6 is 0 Å². The molecule has 0 saturated heterocycles. The van der Waals surface area contributed by atoms with Crippen molar-refractivity contribution < 1.29 is 19.6 Å². The van der Waals surface area contributed by atoms with Gasteiger partial charge in [-0.25, -0.2) is 11.3 Å². The smallest absolute Gasteiger partial charge is 0.248 e. The van der Waals surface area contributed by atoms with Gasteiger partial charge in [0.15, 0.2) is 5.78 Å². The van der Waals surface area contributed by atoms with E-state index in [4.69, 9.17) is 11.6 Å². The van der Waals surface area contributed by atoms with Gasteiger partial charge in [0.1, 0.15) is 0 Å². The molecule has 2 amide bonds. The average molecular weight is 447 g/mol. The molecule has 1 aromatic carbocycles. The number of nitrogens with one attached hydrogen (secondary N) is 2. The monoisotopic (exact) mass is 446 g/mol. The van der Waals surface area contributed by atoms with Gasteiger partial charge in [0, 0.05) is 0 Å². The van der Waals surface area contributed by atoms with E-state index in [1.165, 1.54) is 0 Å². The summed E-state index contributed by atoms with van der Waals surface area (Å²) in [5.41, 5.74) is 9.24. The van der Waals surface area contributed by atoms with Crippen LogP contribution in [0.1, 0.15) is 53.0 Å². The van der Waals surface area contributed by atoms with Crippen LogP contribution in [-0.4, -0.2) is 28.8 Å². The minimum Gasteiger partial charge on any atom is -0.322 e. The van der Waals surface area contributed by atoms with Gasteiger partial charge in [0.05, 0.1) is 23.3 Å². The maximum Gasteiger partial charge on any atom is 0.248 e. The molecule has 0 aliphatic carbocycles. The molecule has 0 fully saturated rings. The first-order valence-corrected chi connectivity index (χ1v) is 11.0. The van der Waals surface area contributed by atoms with E-state index >= 15 is 0 Å². The number of ketones is 1. The Labute approximate surface area is 190 Å². The van der Waals surface area contributed by atoms with E-state index in [0.717, 1.165) is 5.56 Å². The number of carbonyl (C=O) groups is 3. The summed E-state index contributed by atoms with van der Waals surface area (Å²) in [5, 5.41) is 9.62. The summed E-state index contributed by atoms with van der Waals surface area (Å²) in [6.07, 6.45) is 3.96. The van der Waals surface area contributed by atoms with Crippen molar-refractivity contribution in [2.24, 2.45) is 40.7 Å². The Hall–Kier alpha value is -2.55. The Morgan fingerprint density at radius 1 is 1.03 bits per heavy atom. The number of hydroxylamine groups is 1. The maximum absolute atomic E-state index is 13.7. The topological polar surface area (TPSA) is 148 Å². The van der Waals surface area contributed by atoms with Crippen LogP contribution in [0.4, 0.5) is 0 Å². The molecule has 0 saturated carbocycles. The van der Waals surface area contributed by atoms with Crippen molar-refractivity contribution in [3.05, 3.63) is 42.0 Å². The first kappa shape index (κ1) is 27.5. The number of carbonyl (C=O) groups excluding carboxylic acids is 3. The van der Waals surface area contributed by atoms with E-state index in [9.17, 15) is 19.6 Å². The molecule has 0 radical (unpaired) electrons. The van der Waals surface area contributed by atoms with Crippen molar-refractivity contribution in [1.82, 2.24) is 10.9 Å². The zero-order chi connectivity index (χ0) is 24.5. The molecular formula is C24H38N4O4. The van der Waals surface area contributed by atoms with Gasteiger partial charge in [-0.15, -0.1) is 0 Å². The van der Waals surface area contributed by atoms with Crippen LogP contribution in [-0.2, 0) is 14.4 Å². The lowest BCUT2D eigenvalue weighted by Crippen LogP contribution is -2.56. The lowest BCUT2D eigenvalue weighted by Gasteiger charge is -2.42. The molecule has 0 aromatic heterocycles. The number of nitrogens with two attached hydrogens (primary N) is 2.